The molecule has 0 saturated carbocycles. The fraction of sp³-hybridized carbons (Fsp3) is 0.667. The van der Waals surface area contributed by atoms with Crippen molar-refractivity contribution in [3.8, 4) is 0 Å². The fourth-order valence-corrected chi connectivity index (χ4v) is 0.539. The van der Waals surface area contributed by atoms with Gasteiger partial charge < -0.3 is 20.4 Å². The van der Waals surface area contributed by atoms with Crippen LogP contribution in [-0.2, 0) is 9.59 Å². The minimum absolute atomic E-state index is 0.961. The molecule has 0 aromatic rings. The maximum atomic E-state index is 10.5. The molecule has 2 unspecified atom stereocenters. The molecule has 4 N–H and O–H groups in total. The van der Waals surface area contributed by atoms with Gasteiger partial charge in [-0.1, -0.05) is 0 Å². The Morgan fingerprint density at radius 2 is 1.17 bits per heavy atom. The highest BCUT2D eigenvalue weighted by Gasteiger charge is 2.28. The molecule has 0 saturated heterocycles. The second-order valence-corrected chi connectivity index (χ2v) is 2.14. The first-order valence-corrected chi connectivity index (χ1v) is 3.17. The molecule has 0 aromatic heterocycles. The Bertz CT molecular complexity index is 157. The summed E-state index contributed by atoms with van der Waals surface area (Å²) in [6.07, 6.45) is -3.93. The summed E-state index contributed by atoms with van der Waals surface area (Å²) in [7, 11) is 0. The third-order valence-corrected chi connectivity index (χ3v) is 1.27. The van der Waals surface area contributed by atoms with Crippen LogP contribution in [0.2, 0.25) is 0 Å². The van der Waals surface area contributed by atoms with Gasteiger partial charge in [-0.25, -0.2) is 0 Å². The molecule has 0 heterocycles. The highest BCUT2D eigenvalue weighted by atomic mass is 16.4. The predicted octanol–water partition coefficient (Wildman–Crippen LogP) is -3.17. The monoisotopic (exact) mass is 178 g/mol. The van der Waals surface area contributed by atoms with E-state index in [1.807, 2.05) is 0 Å². The van der Waals surface area contributed by atoms with Crippen LogP contribution < -0.4 is 0 Å². The van der Waals surface area contributed by atoms with E-state index in [0.29, 0.717) is 0 Å². The molecule has 0 spiro atoms. The van der Waals surface area contributed by atoms with Crippen molar-refractivity contribution in [3.05, 3.63) is 0 Å². The largest absolute Gasteiger partial charge is 0.388 e. The second kappa shape index (κ2) is 4.94. The lowest BCUT2D eigenvalue weighted by atomic mass is 10.1. The van der Waals surface area contributed by atoms with E-state index in [9.17, 15) is 9.59 Å². The molecule has 0 radical (unpaired) electrons. The van der Waals surface area contributed by atoms with Crippen LogP contribution in [0.1, 0.15) is 0 Å². The fourth-order valence-electron chi connectivity index (χ4n) is 0.539. The molecule has 6 nitrogen and oxygen atoms in total. The summed E-state index contributed by atoms with van der Waals surface area (Å²) >= 11 is 0. The van der Waals surface area contributed by atoms with Crippen molar-refractivity contribution in [2.24, 2.45) is 0 Å². The number of carbonyl (C=O) groups is 2. The molecule has 0 aromatic carbocycles. The standard InChI is InChI=1S/C6H10O6/c7-1-3(9)5(11)6(12)4(10)2-8/h5-8,11-12H,1-2H2. The zero-order valence-electron chi connectivity index (χ0n) is 6.17. The van der Waals surface area contributed by atoms with Crippen molar-refractivity contribution >= 4 is 11.6 Å². The number of Topliss-reactive ketones (excluding diaryl/α,β-unsaturated/α-hetero) is 2. The Balaban J connectivity index is 4.18. The lowest BCUT2D eigenvalue weighted by Gasteiger charge is -2.12. The van der Waals surface area contributed by atoms with Crippen LogP contribution >= 0.6 is 0 Å². The first-order chi connectivity index (χ1) is 5.54. The zero-order valence-corrected chi connectivity index (χ0v) is 6.17. The normalized spacial score (nSPS) is 15.3. The van der Waals surface area contributed by atoms with Crippen molar-refractivity contribution in [2.75, 3.05) is 13.2 Å². The number of ketones is 2. The predicted molar refractivity (Wildman–Crippen MR) is 36.2 cm³/mol. The van der Waals surface area contributed by atoms with Gasteiger partial charge in [0.25, 0.3) is 0 Å². The van der Waals surface area contributed by atoms with Gasteiger partial charge in [0.2, 0.25) is 0 Å². The Kier molecular flexibility index (Phi) is 4.60. The molecular formula is C6H10O6. The third kappa shape index (κ3) is 2.67. The van der Waals surface area contributed by atoms with Gasteiger partial charge in [-0.3, -0.25) is 9.59 Å². The first-order valence-electron chi connectivity index (χ1n) is 3.17. The zero-order chi connectivity index (χ0) is 9.72. The first kappa shape index (κ1) is 11.2. The molecule has 0 aliphatic rings. The van der Waals surface area contributed by atoms with Gasteiger partial charge in [-0.2, -0.15) is 0 Å². The van der Waals surface area contributed by atoms with Gasteiger partial charge in [0, 0.05) is 0 Å². The molecule has 0 bridgehead atoms. The van der Waals surface area contributed by atoms with Gasteiger partial charge >= 0.3 is 0 Å². The summed E-state index contributed by atoms with van der Waals surface area (Å²) in [4.78, 5) is 21.0. The average Bonchev–Trinajstić information content (AvgIpc) is 2.12. The molecule has 6 heteroatoms. The van der Waals surface area contributed by atoms with Crippen molar-refractivity contribution < 1.29 is 30.0 Å². The van der Waals surface area contributed by atoms with Crippen LogP contribution in [0.15, 0.2) is 0 Å². The molecule has 2 atom stereocenters. The number of aliphatic hydroxyl groups excluding tert-OH is 4. The van der Waals surface area contributed by atoms with E-state index in [1.165, 1.54) is 0 Å². The lowest BCUT2D eigenvalue weighted by molar-refractivity contribution is -0.146. The van der Waals surface area contributed by atoms with Crippen molar-refractivity contribution in [2.45, 2.75) is 12.2 Å². The quantitative estimate of drug-likeness (QED) is 0.353. The molecule has 0 amide bonds. The van der Waals surface area contributed by atoms with Crippen molar-refractivity contribution in [3.63, 3.8) is 0 Å². The average molecular weight is 178 g/mol. The number of carbonyl (C=O) groups excluding carboxylic acids is 2. The van der Waals surface area contributed by atoms with Crippen LogP contribution in [0.25, 0.3) is 0 Å². The van der Waals surface area contributed by atoms with Gasteiger partial charge in [-0.15, -0.1) is 0 Å². The maximum absolute atomic E-state index is 10.5. The highest BCUT2D eigenvalue weighted by Crippen LogP contribution is 1.96. The Hall–Kier alpha value is -0.820. The van der Waals surface area contributed by atoms with E-state index >= 15 is 0 Å². The second-order valence-electron chi connectivity index (χ2n) is 2.14. The summed E-state index contributed by atoms with van der Waals surface area (Å²) in [6.45, 7) is -1.92. The van der Waals surface area contributed by atoms with Crippen LogP contribution in [0.3, 0.4) is 0 Å². The van der Waals surface area contributed by atoms with Crippen molar-refractivity contribution in [1.29, 1.82) is 0 Å². The van der Waals surface area contributed by atoms with Crippen LogP contribution in [-0.4, -0.2) is 57.4 Å². The number of aliphatic hydroxyl groups is 4. The smallest absolute Gasteiger partial charge is 0.189 e. The summed E-state index contributed by atoms with van der Waals surface area (Å²) in [5.74, 6) is -2.13. The molecule has 0 rings (SSSR count). The van der Waals surface area contributed by atoms with E-state index in [1.54, 1.807) is 0 Å². The summed E-state index contributed by atoms with van der Waals surface area (Å²) in [5, 5.41) is 34.0. The molecule has 0 aliphatic carbocycles. The van der Waals surface area contributed by atoms with E-state index in [4.69, 9.17) is 20.4 Å². The van der Waals surface area contributed by atoms with Gasteiger partial charge in [0.15, 0.2) is 11.6 Å². The number of hydrogen-bond donors (Lipinski definition) is 4. The van der Waals surface area contributed by atoms with E-state index in [2.05, 4.69) is 0 Å². The molecule has 70 valence electrons. The Morgan fingerprint density at radius 3 is 1.33 bits per heavy atom. The van der Waals surface area contributed by atoms with Crippen molar-refractivity contribution in [1.82, 2.24) is 0 Å². The van der Waals surface area contributed by atoms with Gasteiger partial charge in [0.1, 0.15) is 25.4 Å². The minimum Gasteiger partial charge on any atom is -0.388 e. The van der Waals surface area contributed by atoms with E-state index in [-0.39, 0.29) is 0 Å². The number of hydrogen-bond acceptors (Lipinski definition) is 6. The van der Waals surface area contributed by atoms with E-state index in [0.717, 1.165) is 0 Å². The maximum Gasteiger partial charge on any atom is 0.189 e. The third-order valence-electron chi connectivity index (χ3n) is 1.27. The lowest BCUT2D eigenvalue weighted by Crippen LogP contribution is -2.42. The summed E-state index contributed by atoms with van der Waals surface area (Å²) in [6, 6.07) is 0. The van der Waals surface area contributed by atoms with Crippen LogP contribution in [0.4, 0.5) is 0 Å². The van der Waals surface area contributed by atoms with Gasteiger partial charge in [-0.05, 0) is 0 Å². The topological polar surface area (TPSA) is 115 Å². The molecule has 12 heavy (non-hydrogen) atoms. The highest BCUT2D eigenvalue weighted by molar-refractivity contribution is 5.93. The summed E-state index contributed by atoms with van der Waals surface area (Å²) in [5.41, 5.74) is 0. The molecule has 0 aliphatic heterocycles. The molecule has 0 fully saturated rings. The van der Waals surface area contributed by atoms with Gasteiger partial charge in [0.05, 0.1) is 0 Å². The minimum atomic E-state index is -1.96. The van der Waals surface area contributed by atoms with E-state index < -0.39 is 37.0 Å². The Morgan fingerprint density at radius 1 is 0.917 bits per heavy atom. The number of rotatable bonds is 5. The van der Waals surface area contributed by atoms with Crippen LogP contribution in [0.5, 0.6) is 0 Å². The summed E-state index contributed by atoms with van der Waals surface area (Å²) < 4.78 is 0. The molecular weight excluding hydrogens is 168 g/mol. The van der Waals surface area contributed by atoms with Crippen LogP contribution in [0, 0.1) is 0 Å². The Labute approximate surface area is 68.1 Å². The SMILES string of the molecule is O=C(CO)C(O)C(O)C(=O)CO.